The van der Waals surface area contributed by atoms with Gasteiger partial charge in [-0.3, -0.25) is 9.36 Å². The van der Waals surface area contributed by atoms with E-state index in [0.29, 0.717) is 4.57 Å². The Morgan fingerprint density at radius 2 is 1.90 bits per heavy atom. The largest absolute Gasteiger partial charge is 0.387 e. The van der Waals surface area contributed by atoms with Gasteiger partial charge in [-0.15, -0.1) is 0 Å². The fraction of sp³-hybridized carbons (Fsp3) is 0.294. The molecule has 5 N–H and O–H groups in total. The van der Waals surface area contributed by atoms with E-state index in [1.54, 1.807) is 6.07 Å². The number of alkyl halides is 1. The molecule has 164 valence electrons. The number of rotatable bonds is 4. The molecule has 1 aliphatic heterocycles. The summed E-state index contributed by atoms with van der Waals surface area (Å²) >= 11 is 0. The number of aliphatic hydroxyl groups excluding tert-OH is 3. The van der Waals surface area contributed by atoms with Crippen LogP contribution >= 0.6 is 0 Å². The summed E-state index contributed by atoms with van der Waals surface area (Å²) in [6.07, 6.45) is -7.93. The van der Waals surface area contributed by atoms with Crippen molar-refractivity contribution in [3.8, 4) is 0 Å². The fourth-order valence-corrected chi connectivity index (χ4v) is 5.24. The van der Waals surface area contributed by atoms with Gasteiger partial charge in [0.05, 0.1) is 0 Å². The van der Waals surface area contributed by atoms with Gasteiger partial charge in [0, 0.05) is 5.56 Å². The summed E-state index contributed by atoms with van der Waals surface area (Å²) < 4.78 is 46.6. The summed E-state index contributed by atoms with van der Waals surface area (Å²) in [4.78, 5) is 24.5. The number of nitrogens with zero attached hydrogens (tertiary/aromatic N) is 4. The number of nitrogen functional groups attached to an aromatic ring is 1. The first kappa shape index (κ1) is 21.2. The predicted molar refractivity (Wildman–Crippen MR) is 101 cm³/mol. The standard InChI is InChI=1S/C17H16FN5O7S/c18-13(26)11-10(24)12(25)17(30-11,23-7-22-9-14(19)20-6-21-15(9)23)31(28,29)16(27)8-4-2-1-3-5-8/h1-7,10-13,24-26H,(H2,19,20,21)/t10-,11+,12-,13?,17+/m1/s1. The number of aromatic nitrogens is 4. The van der Waals surface area contributed by atoms with Crippen LogP contribution in [0.5, 0.6) is 0 Å². The Hall–Kier alpha value is -3.04. The van der Waals surface area contributed by atoms with Gasteiger partial charge in [-0.25, -0.2) is 27.8 Å². The van der Waals surface area contributed by atoms with E-state index in [9.17, 15) is 32.9 Å². The van der Waals surface area contributed by atoms with Crippen LogP contribution in [0.15, 0.2) is 43.0 Å². The number of fused-ring (bicyclic) bond motifs is 1. The molecule has 14 heteroatoms. The number of carbonyl (C=O) groups excluding carboxylic acids is 1. The van der Waals surface area contributed by atoms with Crippen molar-refractivity contribution in [1.29, 1.82) is 0 Å². The molecule has 3 heterocycles. The van der Waals surface area contributed by atoms with Gasteiger partial charge in [0.25, 0.3) is 20.0 Å². The minimum absolute atomic E-state index is 0.0984. The van der Waals surface area contributed by atoms with Gasteiger partial charge in [0.15, 0.2) is 11.5 Å². The van der Waals surface area contributed by atoms with Crippen molar-refractivity contribution in [2.45, 2.75) is 29.7 Å². The van der Waals surface area contributed by atoms with E-state index in [0.717, 1.165) is 12.7 Å². The number of sulfone groups is 1. The van der Waals surface area contributed by atoms with Crippen molar-refractivity contribution in [1.82, 2.24) is 19.5 Å². The minimum atomic E-state index is -5.26. The van der Waals surface area contributed by atoms with E-state index in [4.69, 9.17) is 10.5 Å². The van der Waals surface area contributed by atoms with Gasteiger partial charge in [-0.1, -0.05) is 30.3 Å². The highest BCUT2D eigenvalue weighted by Crippen LogP contribution is 2.44. The van der Waals surface area contributed by atoms with Crippen molar-refractivity contribution >= 4 is 31.9 Å². The number of ether oxygens (including phenoxy) is 1. The van der Waals surface area contributed by atoms with Crippen molar-refractivity contribution in [3.05, 3.63) is 48.5 Å². The summed E-state index contributed by atoms with van der Waals surface area (Å²) in [5.41, 5.74) is 5.05. The van der Waals surface area contributed by atoms with E-state index in [-0.39, 0.29) is 22.5 Å². The molecule has 0 spiro atoms. The van der Waals surface area contributed by atoms with Crippen LogP contribution in [0.4, 0.5) is 10.2 Å². The van der Waals surface area contributed by atoms with Crippen LogP contribution in [0.3, 0.4) is 0 Å². The molecule has 1 aromatic carbocycles. The number of aliphatic hydroxyl groups is 3. The number of hydrogen-bond acceptors (Lipinski definition) is 11. The van der Waals surface area contributed by atoms with Crippen LogP contribution in [0.25, 0.3) is 11.2 Å². The number of anilines is 1. The van der Waals surface area contributed by atoms with Gasteiger partial charge in [0.1, 0.15) is 36.5 Å². The maximum Gasteiger partial charge on any atom is 0.289 e. The maximum atomic E-state index is 13.7. The number of nitrogens with two attached hydrogens (primary N) is 1. The van der Waals surface area contributed by atoms with Crippen LogP contribution in [-0.4, -0.2) is 73.0 Å². The molecule has 4 rings (SSSR count). The lowest BCUT2D eigenvalue weighted by molar-refractivity contribution is -0.143. The van der Waals surface area contributed by atoms with Crippen molar-refractivity contribution in [3.63, 3.8) is 0 Å². The quantitative estimate of drug-likeness (QED) is 0.366. The van der Waals surface area contributed by atoms with Crippen LogP contribution in [-0.2, 0) is 19.6 Å². The van der Waals surface area contributed by atoms with Crippen molar-refractivity contribution in [2.24, 2.45) is 0 Å². The Morgan fingerprint density at radius 1 is 1.23 bits per heavy atom. The summed E-state index contributed by atoms with van der Waals surface area (Å²) in [5, 5.41) is 25.7. The Morgan fingerprint density at radius 3 is 2.52 bits per heavy atom. The topological polar surface area (TPSA) is 191 Å². The van der Waals surface area contributed by atoms with E-state index < -0.39 is 44.7 Å². The lowest BCUT2D eigenvalue weighted by Crippen LogP contribution is -2.53. The van der Waals surface area contributed by atoms with Crippen LogP contribution in [0.2, 0.25) is 0 Å². The highest BCUT2D eigenvalue weighted by molar-refractivity contribution is 8.07. The molecule has 1 unspecified atom stereocenters. The monoisotopic (exact) mass is 453 g/mol. The number of halogens is 1. The third-order valence-electron chi connectivity index (χ3n) is 4.95. The van der Waals surface area contributed by atoms with Crippen LogP contribution in [0, 0.1) is 0 Å². The second-order valence-electron chi connectivity index (χ2n) is 6.72. The number of benzene rings is 1. The lowest BCUT2D eigenvalue weighted by Gasteiger charge is -2.32. The Balaban J connectivity index is 2.01. The number of imidazole rings is 1. The summed E-state index contributed by atoms with van der Waals surface area (Å²) in [5.74, 6) is -0.152. The Kier molecular flexibility index (Phi) is 4.98. The molecule has 0 amide bonds. The highest BCUT2D eigenvalue weighted by atomic mass is 32.2. The second kappa shape index (κ2) is 7.28. The first-order valence-corrected chi connectivity index (χ1v) is 10.3. The Bertz CT molecular complexity index is 1250. The third-order valence-corrected chi connectivity index (χ3v) is 6.97. The summed E-state index contributed by atoms with van der Waals surface area (Å²) in [7, 11) is -5.26. The normalized spacial score (nSPS) is 27.4. The molecule has 31 heavy (non-hydrogen) atoms. The van der Waals surface area contributed by atoms with E-state index in [1.165, 1.54) is 24.3 Å². The Labute approximate surface area is 173 Å². The first-order chi connectivity index (χ1) is 14.6. The number of carbonyl (C=O) groups is 1. The number of hydrogen-bond donors (Lipinski definition) is 4. The first-order valence-electron chi connectivity index (χ1n) is 8.77. The van der Waals surface area contributed by atoms with E-state index in [1.807, 2.05) is 0 Å². The summed E-state index contributed by atoms with van der Waals surface area (Å²) in [6.45, 7) is 0. The zero-order valence-corrected chi connectivity index (χ0v) is 16.3. The predicted octanol–water partition coefficient (Wildman–Crippen LogP) is -1.32. The van der Waals surface area contributed by atoms with Crippen LogP contribution in [0.1, 0.15) is 10.4 Å². The maximum absolute atomic E-state index is 13.7. The molecule has 5 atom stereocenters. The molecule has 0 aliphatic carbocycles. The molecule has 0 saturated carbocycles. The minimum Gasteiger partial charge on any atom is -0.387 e. The van der Waals surface area contributed by atoms with Crippen molar-refractivity contribution < 1.29 is 37.7 Å². The highest BCUT2D eigenvalue weighted by Gasteiger charge is 2.67. The molecule has 0 bridgehead atoms. The summed E-state index contributed by atoms with van der Waals surface area (Å²) in [6, 6.07) is 6.77. The molecule has 1 saturated heterocycles. The average molecular weight is 453 g/mol. The molecular formula is C17H16FN5O7S. The van der Waals surface area contributed by atoms with Crippen molar-refractivity contribution in [2.75, 3.05) is 5.73 Å². The molecular weight excluding hydrogens is 437 g/mol. The van der Waals surface area contributed by atoms with Gasteiger partial charge in [-0.2, -0.15) is 0 Å². The van der Waals surface area contributed by atoms with Gasteiger partial charge < -0.3 is 25.8 Å². The SMILES string of the molecule is Nc1ncnc2c1ncn2[C@]1(S(=O)(=O)C(=O)c2ccccc2)O[C@H](C(O)F)[C@@H](O)[C@H]1O. The van der Waals surface area contributed by atoms with Gasteiger partial charge in [0.2, 0.25) is 6.36 Å². The van der Waals surface area contributed by atoms with Gasteiger partial charge >= 0.3 is 0 Å². The molecule has 1 fully saturated rings. The second-order valence-corrected chi connectivity index (χ2v) is 8.69. The average Bonchev–Trinajstić information content (AvgIpc) is 3.30. The fourth-order valence-electron chi connectivity index (χ4n) is 3.44. The van der Waals surface area contributed by atoms with Crippen LogP contribution < -0.4 is 5.73 Å². The van der Waals surface area contributed by atoms with Gasteiger partial charge in [-0.05, 0) is 0 Å². The smallest absolute Gasteiger partial charge is 0.289 e. The van der Waals surface area contributed by atoms with E-state index >= 15 is 0 Å². The molecule has 12 nitrogen and oxygen atoms in total. The molecule has 1 aliphatic rings. The third kappa shape index (κ3) is 2.91. The zero-order valence-electron chi connectivity index (χ0n) is 15.5. The lowest BCUT2D eigenvalue weighted by atomic mass is 10.1. The zero-order chi connectivity index (χ0) is 22.6. The molecule has 0 radical (unpaired) electrons. The molecule has 3 aromatic rings. The molecule has 2 aromatic heterocycles. The van der Waals surface area contributed by atoms with E-state index in [2.05, 4.69) is 15.0 Å².